The van der Waals surface area contributed by atoms with Gasteiger partial charge in [0, 0.05) is 13.6 Å². The average Bonchev–Trinajstić information content (AvgIpc) is 2.56. The van der Waals surface area contributed by atoms with Crippen LogP contribution in [0.2, 0.25) is 0 Å². The van der Waals surface area contributed by atoms with Gasteiger partial charge in [-0.1, -0.05) is 6.07 Å². The minimum atomic E-state index is 0.553. The first-order valence-corrected chi connectivity index (χ1v) is 6.00. The summed E-state index contributed by atoms with van der Waals surface area (Å²) in [5.74, 6) is 1.65. The third-order valence-electron chi connectivity index (χ3n) is 3.20. The molecule has 2 N–H and O–H groups in total. The van der Waals surface area contributed by atoms with Crippen molar-refractivity contribution in [2.24, 2.45) is 12.8 Å². The summed E-state index contributed by atoms with van der Waals surface area (Å²) in [6.45, 7) is 6.54. The number of hydrogen-bond donors (Lipinski definition) is 1. The third-order valence-corrected chi connectivity index (χ3v) is 3.20. The maximum Gasteiger partial charge on any atom is 0.171 e. The molecule has 0 spiro atoms. The molecular formula is C14H19N3O. The fourth-order valence-electron chi connectivity index (χ4n) is 1.98. The summed E-state index contributed by atoms with van der Waals surface area (Å²) in [7, 11) is 1.91. The Hall–Kier alpha value is -1.81. The van der Waals surface area contributed by atoms with Crippen molar-refractivity contribution in [2.45, 2.75) is 27.3 Å². The van der Waals surface area contributed by atoms with Gasteiger partial charge in [0.15, 0.2) is 5.75 Å². The van der Waals surface area contributed by atoms with Crippen LogP contribution in [0.4, 0.5) is 0 Å². The number of rotatable bonds is 3. The molecule has 0 saturated carbocycles. The Bertz CT molecular complexity index is 573. The van der Waals surface area contributed by atoms with E-state index in [2.05, 4.69) is 5.10 Å². The van der Waals surface area contributed by atoms with Crippen LogP contribution in [-0.2, 0) is 13.6 Å². The molecular weight excluding hydrogens is 226 g/mol. The molecule has 0 aliphatic rings. The van der Waals surface area contributed by atoms with Crippen molar-refractivity contribution in [1.29, 1.82) is 0 Å². The van der Waals surface area contributed by atoms with Gasteiger partial charge < -0.3 is 10.5 Å². The molecule has 4 heteroatoms. The van der Waals surface area contributed by atoms with Gasteiger partial charge in [0.05, 0.1) is 5.69 Å². The van der Waals surface area contributed by atoms with E-state index in [0.29, 0.717) is 6.54 Å². The molecule has 4 nitrogen and oxygen atoms in total. The SMILES string of the molecule is Cc1cc(Oc2c(C)nn(C)c2C)ccc1CN. The lowest BCUT2D eigenvalue weighted by atomic mass is 10.1. The molecule has 0 radical (unpaired) electrons. The van der Waals surface area contributed by atoms with Gasteiger partial charge in [-0.05, 0) is 44.0 Å². The van der Waals surface area contributed by atoms with Gasteiger partial charge in [0.25, 0.3) is 0 Å². The number of nitrogens with zero attached hydrogens (tertiary/aromatic N) is 2. The highest BCUT2D eigenvalue weighted by atomic mass is 16.5. The molecule has 2 rings (SSSR count). The first-order chi connectivity index (χ1) is 8.52. The van der Waals surface area contributed by atoms with Crippen LogP contribution in [0.3, 0.4) is 0 Å². The average molecular weight is 245 g/mol. The van der Waals surface area contributed by atoms with Crippen molar-refractivity contribution >= 4 is 0 Å². The molecule has 96 valence electrons. The van der Waals surface area contributed by atoms with Gasteiger partial charge in [0.2, 0.25) is 0 Å². The van der Waals surface area contributed by atoms with E-state index < -0.39 is 0 Å². The van der Waals surface area contributed by atoms with E-state index >= 15 is 0 Å². The van der Waals surface area contributed by atoms with Crippen molar-refractivity contribution in [2.75, 3.05) is 0 Å². The summed E-state index contributed by atoms with van der Waals surface area (Å²) >= 11 is 0. The van der Waals surface area contributed by atoms with Crippen molar-refractivity contribution < 1.29 is 4.74 Å². The molecule has 18 heavy (non-hydrogen) atoms. The van der Waals surface area contributed by atoms with Crippen LogP contribution in [0, 0.1) is 20.8 Å². The van der Waals surface area contributed by atoms with Crippen LogP contribution in [0.25, 0.3) is 0 Å². The predicted molar refractivity (Wildman–Crippen MR) is 71.8 cm³/mol. The van der Waals surface area contributed by atoms with Crippen LogP contribution in [-0.4, -0.2) is 9.78 Å². The van der Waals surface area contributed by atoms with Gasteiger partial charge in [-0.25, -0.2) is 0 Å². The van der Waals surface area contributed by atoms with Gasteiger partial charge in [-0.15, -0.1) is 0 Å². The Morgan fingerprint density at radius 1 is 1.28 bits per heavy atom. The Morgan fingerprint density at radius 2 is 2.00 bits per heavy atom. The second-order valence-electron chi connectivity index (χ2n) is 4.52. The fourth-order valence-corrected chi connectivity index (χ4v) is 1.98. The van der Waals surface area contributed by atoms with Crippen molar-refractivity contribution in [3.05, 3.63) is 40.7 Å². The molecule has 0 atom stereocenters. The molecule has 0 saturated heterocycles. The van der Waals surface area contributed by atoms with Crippen LogP contribution < -0.4 is 10.5 Å². The van der Waals surface area contributed by atoms with Gasteiger partial charge in [-0.2, -0.15) is 5.10 Å². The Balaban J connectivity index is 2.31. The molecule has 1 aromatic heterocycles. The first kappa shape index (κ1) is 12.6. The Kier molecular flexibility index (Phi) is 3.39. The number of hydrogen-bond acceptors (Lipinski definition) is 3. The minimum absolute atomic E-state index is 0.553. The van der Waals surface area contributed by atoms with Gasteiger partial charge >= 0.3 is 0 Å². The smallest absolute Gasteiger partial charge is 0.171 e. The second kappa shape index (κ2) is 4.82. The number of nitrogens with two attached hydrogens (primary N) is 1. The maximum atomic E-state index is 5.92. The third kappa shape index (κ3) is 2.24. The highest BCUT2D eigenvalue weighted by Crippen LogP contribution is 2.28. The standard InChI is InChI=1S/C14H19N3O/c1-9-7-13(6-5-12(9)8-15)18-14-10(2)16-17(4)11(14)3/h5-7H,8,15H2,1-4H3. The second-order valence-corrected chi connectivity index (χ2v) is 4.52. The van der Waals surface area contributed by atoms with Crippen LogP contribution in [0.1, 0.15) is 22.5 Å². The summed E-state index contributed by atoms with van der Waals surface area (Å²) < 4.78 is 7.74. The number of aromatic nitrogens is 2. The zero-order valence-corrected chi connectivity index (χ0v) is 11.3. The summed E-state index contributed by atoms with van der Waals surface area (Å²) in [5.41, 5.74) is 9.86. The predicted octanol–water partition coefficient (Wildman–Crippen LogP) is 2.60. The first-order valence-electron chi connectivity index (χ1n) is 6.00. The molecule has 0 fully saturated rings. The zero-order chi connectivity index (χ0) is 13.3. The molecule has 2 aromatic rings. The lowest BCUT2D eigenvalue weighted by molar-refractivity contribution is 0.473. The van der Waals surface area contributed by atoms with Crippen LogP contribution in [0.15, 0.2) is 18.2 Å². The quantitative estimate of drug-likeness (QED) is 0.904. The lowest BCUT2D eigenvalue weighted by Gasteiger charge is -2.09. The van der Waals surface area contributed by atoms with E-state index in [1.54, 1.807) is 0 Å². The van der Waals surface area contributed by atoms with Crippen molar-refractivity contribution in [1.82, 2.24) is 9.78 Å². The highest BCUT2D eigenvalue weighted by molar-refractivity contribution is 5.40. The molecule has 0 bridgehead atoms. The largest absolute Gasteiger partial charge is 0.453 e. The molecule has 1 heterocycles. The van der Waals surface area contributed by atoms with E-state index in [-0.39, 0.29) is 0 Å². The number of aryl methyl sites for hydroxylation is 3. The van der Waals surface area contributed by atoms with Gasteiger partial charge in [0.1, 0.15) is 11.4 Å². The molecule has 0 amide bonds. The Morgan fingerprint density at radius 3 is 2.50 bits per heavy atom. The van der Waals surface area contributed by atoms with E-state index in [1.165, 1.54) is 0 Å². The lowest BCUT2D eigenvalue weighted by Crippen LogP contribution is -1.99. The molecule has 1 aromatic carbocycles. The van der Waals surface area contributed by atoms with Gasteiger partial charge in [-0.3, -0.25) is 4.68 Å². The normalized spacial score (nSPS) is 10.7. The van der Waals surface area contributed by atoms with Crippen molar-refractivity contribution in [3.8, 4) is 11.5 Å². The molecule has 0 unspecified atom stereocenters. The molecule has 0 aliphatic carbocycles. The van der Waals surface area contributed by atoms with E-state index in [4.69, 9.17) is 10.5 Å². The summed E-state index contributed by atoms with van der Waals surface area (Å²) in [5, 5.41) is 4.33. The monoisotopic (exact) mass is 245 g/mol. The Labute approximate surface area is 107 Å². The summed E-state index contributed by atoms with van der Waals surface area (Å²) in [4.78, 5) is 0. The van der Waals surface area contributed by atoms with E-state index in [1.807, 2.05) is 50.7 Å². The highest BCUT2D eigenvalue weighted by Gasteiger charge is 2.11. The van der Waals surface area contributed by atoms with E-state index in [9.17, 15) is 0 Å². The zero-order valence-electron chi connectivity index (χ0n) is 11.3. The minimum Gasteiger partial charge on any atom is -0.453 e. The summed E-state index contributed by atoms with van der Waals surface area (Å²) in [6, 6.07) is 5.96. The van der Waals surface area contributed by atoms with Crippen molar-refractivity contribution in [3.63, 3.8) is 0 Å². The van der Waals surface area contributed by atoms with Crippen LogP contribution in [0.5, 0.6) is 11.5 Å². The molecule has 0 aliphatic heterocycles. The fraction of sp³-hybridized carbons (Fsp3) is 0.357. The topological polar surface area (TPSA) is 53.1 Å². The van der Waals surface area contributed by atoms with Crippen LogP contribution >= 0.6 is 0 Å². The summed E-state index contributed by atoms with van der Waals surface area (Å²) in [6.07, 6.45) is 0. The number of ether oxygens (including phenoxy) is 1. The number of benzene rings is 1. The maximum absolute atomic E-state index is 5.92. The van der Waals surface area contributed by atoms with E-state index in [0.717, 1.165) is 34.0 Å².